The topological polar surface area (TPSA) is 61.9 Å². The Morgan fingerprint density at radius 2 is 1.80 bits per heavy atom. The number of morpholine rings is 1. The number of anilines is 1. The predicted octanol–water partition coefficient (Wildman–Crippen LogP) is 2.99. The minimum absolute atomic E-state index is 0.0121. The van der Waals surface area contributed by atoms with Crippen LogP contribution in [0.25, 0.3) is 0 Å². The summed E-state index contributed by atoms with van der Waals surface area (Å²) in [4.78, 5) is 29.7. The van der Waals surface area contributed by atoms with Gasteiger partial charge in [0.2, 0.25) is 11.8 Å². The molecule has 2 atom stereocenters. The Morgan fingerprint density at radius 3 is 2.50 bits per heavy atom. The molecule has 0 spiro atoms. The van der Waals surface area contributed by atoms with Crippen LogP contribution in [0.1, 0.15) is 18.0 Å². The Bertz CT molecular complexity index is 869. The molecule has 0 radical (unpaired) electrons. The van der Waals surface area contributed by atoms with Crippen molar-refractivity contribution in [3.05, 3.63) is 64.6 Å². The predicted molar refractivity (Wildman–Crippen MR) is 119 cm³/mol. The van der Waals surface area contributed by atoms with Crippen molar-refractivity contribution in [1.82, 2.24) is 10.2 Å². The average Bonchev–Trinajstić information content (AvgIpc) is 3.17. The van der Waals surface area contributed by atoms with E-state index in [2.05, 4.69) is 26.1 Å². The van der Waals surface area contributed by atoms with E-state index in [0.29, 0.717) is 19.8 Å². The van der Waals surface area contributed by atoms with Gasteiger partial charge in [-0.1, -0.05) is 46.3 Å². The third-order valence-corrected chi connectivity index (χ3v) is 6.23. The van der Waals surface area contributed by atoms with Gasteiger partial charge in [-0.05, 0) is 29.8 Å². The number of rotatable bonds is 6. The molecule has 2 aliphatic heterocycles. The van der Waals surface area contributed by atoms with Gasteiger partial charge < -0.3 is 15.0 Å². The molecule has 158 valence electrons. The van der Waals surface area contributed by atoms with Gasteiger partial charge in [-0.3, -0.25) is 14.5 Å². The smallest absolute Gasteiger partial charge is 0.227 e. The largest absolute Gasteiger partial charge is 0.379 e. The number of carbonyl (C=O) groups excluding carboxylic acids is 2. The van der Waals surface area contributed by atoms with Crippen molar-refractivity contribution in [3.8, 4) is 0 Å². The Labute approximate surface area is 185 Å². The molecule has 6 nitrogen and oxygen atoms in total. The zero-order chi connectivity index (χ0) is 20.9. The summed E-state index contributed by atoms with van der Waals surface area (Å²) < 4.78 is 6.41. The second-order valence-electron chi connectivity index (χ2n) is 7.77. The van der Waals surface area contributed by atoms with E-state index >= 15 is 0 Å². The van der Waals surface area contributed by atoms with Gasteiger partial charge in [0.05, 0.1) is 25.2 Å². The standard InChI is InChI=1S/C23H26BrN3O3/c24-19-6-8-20(9-7-19)27-15-18(14-22(27)28)23(29)25-21(17-4-2-1-3-5-17)16-26-10-12-30-13-11-26/h1-9,18,21H,10-16H2,(H,25,29). The second kappa shape index (κ2) is 9.73. The van der Waals surface area contributed by atoms with Crippen LogP contribution in [-0.2, 0) is 14.3 Å². The summed E-state index contributed by atoms with van der Waals surface area (Å²) in [5.41, 5.74) is 1.90. The lowest BCUT2D eigenvalue weighted by Gasteiger charge is -2.31. The number of hydrogen-bond acceptors (Lipinski definition) is 4. The molecule has 7 heteroatoms. The van der Waals surface area contributed by atoms with Crippen LogP contribution in [0.2, 0.25) is 0 Å². The maximum Gasteiger partial charge on any atom is 0.227 e. The van der Waals surface area contributed by atoms with Crippen molar-refractivity contribution < 1.29 is 14.3 Å². The maximum atomic E-state index is 13.1. The number of ether oxygens (including phenoxy) is 1. The molecule has 4 rings (SSSR count). The maximum absolute atomic E-state index is 13.1. The highest BCUT2D eigenvalue weighted by Crippen LogP contribution is 2.27. The number of nitrogens with one attached hydrogen (secondary N) is 1. The normalized spacial score (nSPS) is 20.9. The van der Waals surface area contributed by atoms with E-state index in [1.165, 1.54) is 0 Å². The summed E-state index contributed by atoms with van der Waals surface area (Å²) >= 11 is 3.41. The molecule has 2 aliphatic rings. The Hall–Kier alpha value is -2.22. The van der Waals surface area contributed by atoms with Gasteiger partial charge in [0, 0.05) is 42.8 Å². The van der Waals surface area contributed by atoms with Crippen molar-refractivity contribution in [2.45, 2.75) is 12.5 Å². The van der Waals surface area contributed by atoms with Gasteiger partial charge >= 0.3 is 0 Å². The molecule has 30 heavy (non-hydrogen) atoms. The average molecular weight is 472 g/mol. The molecule has 2 saturated heterocycles. The number of nitrogens with zero attached hydrogens (tertiary/aromatic N) is 2. The van der Waals surface area contributed by atoms with E-state index in [-0.39, 0.29) is 30.2 Å². The second-order valence-corrected chi connectivity index (χ2v) is 8.68. The van der Waals surface area contributed by atoms with Crippen LogP contribution < -0.4 is 10.2 Å². The first-order valence-corrected chi connectivity index (χ1v) is 11.1. The van der Waals surface area contributed by atoms with Crippen molar-refractivity contribution in [2.24, 2.45) is 5.92 Å². The lowest BCUT2D eigenvalue weighted by molar-refractivity contribution is -0.127. The number of hydrogen-bond donors (Lipinski definition) is 1. The molecule has 1 N–H and O–H groups in total. The number of benzene rings is 2. The summed E-state index contributed by atoms with van der Waals surface area (Å²) in [5.74, 6) is -0.427. The zero-order valence-electron chi connectivity index (χ0n) is 16.8. The molecular weight excluding hydrogens is 446 g/mol. The van der Waals surface area contributed by atoms with Gasteiger partial charge in [-0.25, -0.2) is 0 Å². The third-order valence-electron chi connectivity index (χ3n) is 5.70. The van der Waals surface area contributed by atoms with Crippen LogP contribution in [0.15, 0.2) is 59.1 Å². The van der Waals surface area contributed by atoms with Gasteiger partial charge in [0.25, 0.3) is 0 Å². The highest BCUT2D eigenvalue weighted by Gasteiger charge is 2.36. The first kappa shape index (κ1) is 21.0. The molecule has 2 aromatic carbocycles. The first-order valence-electron chi connectivity index (χ1n) is 10.3. The highest BCUT2D eigenvalue weighted by molar-refractivity contribution is 9.10. The fourth-order valence-corrected chi connectivity index (χ4v) is 4.27. The molecule has 0 bridgehead atoms. The van der Waals surface area contributed by atoms with Gasteiger partial charge in [-0.15, -0.1) is 0 Å². The van der Waals surface area contributed by atoms with Gasteiger partial charge in [0.1, 0.15) is 0 Å². The molecule has 0 saturated carbocycles. The zero-order valence-corrected chi connectivity index (χ0v) is 18.4. The molecule has 2 aromatic rings. The number of halogens is 1. The molecule has 0 aromatic heterocycles. The van der Waals surface area contributed by atoms with Gasteiger partial charge in [0.15, 0.2) is 0 Å². The summed E-state index contributed by atoms with van der Waals surface area (Å²) in [6, 6.07) is 17.5. The molecular formula is C23H26BrN3O3. The quantitative estimate of drug-likeness (QED) is 0.703. The van der Waals surface area contributed by atoms with Crippen LogP contribution in [0.4, 0.5) is 5.69 Å². The Kier molecular flexibility index (Phi) is 6.82. The molecule has 2 heterocycles. The lowest BCUT2D eigenvalue weighted by Crippen LogP contribution is -2.44. The van der Waals surface area contributed by atoms with E-state index in [4.69, 9.17) is 4.74 Å². The third kappa shape index (κ3) is 5.09. The monoisotopic (exact) mass is 471 g/mol. The molecule has 2 amide bonds. The molecule has 2 unspecified atom stereocenters. The van der Waals surface area contributed by atoms with Crippen LogP contribution in [0, 0.1) is 5.92 Å². The molecule has 2 fully saturated rings. The Morgan fingerprint density at radius 1 is 1.10 bits per heavy atom. The summed E-state index contributed by atoms with van der Waals surface area (Å²) in [7, 11) is 0. The van der Waals surface area contributed by atoms with E-state index in [1.54, 1.807) is 4.90 Å². The van der Waals surface area contributed by atoms with E-state index in [0.717, 1.165) is 35.4 Å². The minimum Gasteiger partial charge on any atom is -0.379 e. The van der Waals surface area contributed by atoms with Crippen molar-refractivity contribution in [1.29, 1.82) is 0 Å². The molecule has 0 aliphatic carbocycles. The summed E-state index contributed by atoms with van der Waals surface area (Å²) in [5, 5.41) is 3.22. The van der Waals surface area contributed by atoms with Crippen molar-refractivity contribution >= 4 is 33.4 Å². The van der Waals surface area contributed by atoms with Crippen LogP contribution in [-0.4, -0.2) is 56.1 Å². The fourth-order valence-electron chi connectivity index (χ4n) is 4.01. The lowest BCUT2D eigenvalue weighted by atomic mass is 10.0. The van der Waals surface area contributed by atoms with E-state index in [1.807, 2.05) is 54.6 Å². The van der Waals surface area contributed by atoms with Crippen molar-refractivity contribution in [2.75, 3.05) is 44.3 Å². The summed E-state index contributed by atoms with van der Waals surface area (Å²) in [6.45, 7) is 4.29. The highest BCUT2D eigenvalue weighted by atomic mass is 79.9. The van der Waals surface area contributed by atoms with Crippen LogP contribution in [0.5, 0.6) is 0 Å². The number of amides is 2. The van der Waals surface area contributed by atoms with Crippen molar-refractivity contribution in [3.63, 3.8) is 0 Å². The summed E-state index contributed by atoms with van der Waals surface area (Å²) in [6.07, 6.45) is 0.237. The number of carbonyl (C=O) groups is 2. The minimum atomic E-state index is -0.350. The Balaban J connectivity index is 1.44. The van der Waals surface area contributed by atoms with Gasteiger partial charge in [-0.2, -0.15) is 0 Å². The fraction of sp³-hybridized carbons (Fsp3) is 0.391. The SMILES string of the molecule is O=C(NC(CN1CCOCC1)c1ccccc1)C1CC(=O)N(c2ccc(Br)cc2)C1. The van der Waals surface area contributed by atoms with Crippen LogP contribution in [0.3, 0.4) is 0 Å². The van der Waals surface area contributed by atoms with E-state index in [9.17, 15) is 9.59 Å². The van der Waals surface area contributed by atoms with Crippen LogP contribution >= 0.6 is 15.9 Å². The first-order chi connectivity index (χ1) is 14.6. The van der Waals surface area contributed by atoms with E-state index < -0.39 is 0 Å².